The molecule has 0 saturated carbocycles. The Kier molecular flexibility index (Phi) is 6.67. The second kappa shape index (κ2) is 7.20. The van der Waals surface area contributed by atoms with E-state index in [0.717, 1.165) is 0 Å². The molecule has 0 aromatic carbocycles. The van der Waals surface area contributed by atoms with E-state index < -0.39 is 37.7 Å². The van der Waals surface area contributed by atoms with E-state index in [2.05, 4.69) is 5.32 Å². The van der Waals surface area contributed by atoms with Crippen LogP contribution in [0.25, 0.3) is 0 Å². The van der Waals surface area contributed by atoms with Crippen molar-refractivity contribution in [2.45, 2.75) is 20.0 Å². The first-order valence-electron chi connectivity index (χ1n) is 5.37. The normalized spacial score (nSPS) is 11.9. The fraction of sp³-hybridized carbons (Fsp3) is 0.800. The Hall–Kier alpha value is -1.31. The van der Waals surface area contributed by atoms with Crippen LogP contribution in [0.15, 0.2) is 0 Å². The number of aliphatic carboxylic acids is 1. The van der Waals surface area contributed by atoms with Crippen molar-refractivity contribution in [3.05, 3.63) is 0 Å². The van der Waals surface area contributed by atoms with Crippen LogP contribution in [0.4, 0.5) is 13.2 Å². The van der Waals surface area contributed by atoms with Crippen LogP contribution < -0.4 is 5.32 Å². The SMILES string of the molecule is CC(C)CNC(=O)CN(CC(=O)O)CC(F)(F)F. The summed E-state index contributed by atoms with van der Waals surface area (Å²) in [5, 5.41) is 10.9. The van der Waals surface area contributed by atoms with Crippen molar-refractivity contribution in [1.82, 2.24) is 10.2 Å². The van der Waals surface area contributed by atoms with E-state index in [9.17, 15) is 22.8 Å². The lowest BCUT2D eigenvalue weighted by molar-refractivity contribution is -0.155. The van der Waals surface area contributed by atoms with Gasteiger partial charge in [-0.25, -0.2) is 0 Å². The number of carbonyl (C=O) groups is 2. The van der Waals surface area contributed by atoms with Crippen molar-refractivity contribution in [2.24, 2.45) is 5.92 Å². The number of nitrogens with one attached hydrogen (secondary N) is 1. The maximum absolute atomic E-state index is 12.2. The monoisotopic (exact) mass is 270 g/mol. The van der Waals surface area contributed by atoms with E-state index in [4.69, 9.17) is 5.11 Å². The maximum atomic E-state index is 12.2. The number of hydrogen-bond acceptors (Lipinski definition) is 3. The zero-order chi connectivity index (χ0) is 14.3. The van der Waals surface area contributed by atoms with Gasteiger partial charge in [-0.2, -0.15) is 13.2 Å². The minimum Gasteiger partial charge on any atom is -0.480 e. The Morgan fingerprint density at radius 3 is 2.22 bits per heavy atom. The summed E-state index contributed by atoms with van der Waals surface area (Å²) in [7, 11) is 0. The van der Waals surface area contributed by atoms with Crippen LogP contribution in [0, 0.1) is 5.92 Å². The van der Waals surface area contributed by atoms with Gasteiger partial charge >= 0.3 is 12.1 Å². The molecule has 0 saturated heterocycles. The Bertz CT molecular complexity index is 293. The summed E-state index contributed by atoms with van der Waals surface area (Å²) in [5.74, 6) is -1.85. The van der Waals surface area contributed by atoms with E-state index in [1.54, 1.807) is 0 Å². The molecule has 0 aromatic rings. The predicted molar refractivity (Wildman–Crippen MR) is 58.0 cm³/mol. The largest absolute Gasteiger partial charge is 0.480 e. The molecule has 0 rings (SSSR count). The van der Waals surface area contributed by atoms with Crippen LogP contribution in [-0.2, 0) is 9.59 Å². The summed E-state index contributed by atoms with van der Waals surface area (Å²) in [6.07, 6.45) is -4.53. The van der Waals surface area contributed by atoms with Gasteiger partial charge in [0.25, 0.3) is 0 Å². The molecule has 0 fully saturated rings. The third-order valence-electron chi connectivity index (χ3n) is 1.84. The Morgan fingerprint density at radius 1 is 1.28 bits per heavy atom. The quantitative estimate of drug-likeness (QED) is 0.714. The second-order valence-electron chi connectivity index (χ2n) is 4.35. The predicted octanol–water partition coefficient (Wildman–Crippen LogP) is 0.707. The highest BCUT2D eigenvalue weighted by atomic mass is 19.4. The van der Waals surface area contributed by atoms with Crippen molar-refractivity contribution in [3.8, 4) is 0 Å². The number of halogens is 3. The van der Waals surface area contributed by atoms with Crippen molar-refractivity contribution in [1.29, 1.82) is 0 Å². The van der Waals surface area contributed by atoms with Crippen molar-refractivity contribution < 1.29 is 27.9 Å². The second-order valence-corrected chi connectivity index (χ2v) is 4.35. The minimum atomic E-state index is -4.53. The van der Waals surface area contributed by atoms with Crippen molar-refractivity contribution in [2.75, 3.05) is 26.2 Å². The van der Waals surface area contributed by atoms with Gasteiger partial charge in [0, 0.05) is 6.54 Å². The molecule has 0 aromatic heterocycles. The molecule has 0 aliphatic rings. The molecule has 5 nitrogen and oxygen atoms in total. The molecular formula is C10H17F3N2O3. The average Bonchev–Trinajstić information content (AvgIpc) is 2.10. The van der Waals surface area contributed by atoms with Gasteiger partial charge in [0.15, 0.2) is 0 Å². The summed E-state index contributed by atoms with van der Waals surface area (Å²) in [5.41, 5.74) is 0. The standard InChI is InChI=1S/C10H17F3N2O3/c1-7(2)3-14-8(16)4-15(5-9(17)18)6-10(11,12)13/h7H,3-6H2,1-2H3,(H,14,16)(H,17,18). The summed E-state index contributed by atoms with van der Waals surface area (Å²) in [6, 6.07) is 0. The fourth-order valence-corrected chi connectivity index (χ4v) is 1.19. The van der Waals surface area contributed by atoms with Gasteiger partial charge in [0.05, 0.1) is 19.6 Å². The van der Waals surface area contributed by atoms with Crippen molar-refractivity contribution >= 4 is 11.9 Å². The van der Waals surface area contributed by atoms with Gasteiger partial charge in [-0.3, -0.25) is 14.5 Å². The fourth-order valence-electron chi connectivity index (χ4n) is 1.19. The highest BCUT2D eigenvalue weighted by molar-refractivity contribution is 5.79. The lowest BCUT2D eigenvalue weighted by atomic mass is 10.2. The zero-order valence-corrected chi connectivity index (χ0v) is 10.3. The van der Waals surface area contributed by atoms with Gasteiger partial charge < -0.3 is 10.4 Å². The first-order chi connectivity index (χ1) is 8.10. The molecule has 0 aliphatic heterocycles. The Morgan fingerprint density at radius 2 is 1.83 bits per heavy atom. The average molecular weight is 270 g/mol. The Labute approximate surface area is 103 Å². The van der Waals surface area contributed by atoms with E-state index in [-0.39, 0.29) is 5.92 Å². The molecular weight excluding hydrogens is 253 g/mol. The summed E-state index contributed by atoms with van der Waals surface area (Å²) in [4.78, 5) is 22.3. The van der Waals surface area contributed by atoms with Crippen LogP contribution in [0.1, 0.15) is 13.8 Å². The van der Waals surface area contributed by atoms with E-state index in [1.807, 2.05) is 13.8 Å². The van der Waals surface area contributed by atoms with Crippen LogP contribution >= 0.6 is 0 Å². The molecule has 2 N–H and O–H groups in total. The lowest BCUT2D eigenvalue weighted by Crippen LogP contribution is -2.44. The first-order valence-corrected chi connectivity index (χ1v) is 5.37. The van der Waals surface area contributed by atoms with Crippen LogP contribution in [0.5, 0.6) is 0 Å². The molecule has 0 spiro atoms. The highest BCUT2D eigenvalue weighted by Crippen LogP contribution is 2.16. The number of rotatable bonds is 7. The number of nitrogens with zero attached hydrogens (tertiary/aromatic N) is 1. The molecule has 18 heavy (non-hydrogen) atoms. The molecule has 106 valence electrons. The molecule has 8 heteroatoms. The molecule has 0 aliphatic carbocycles. The molecule has 0 heterocycles. The number of amides is 1. The highest BCUT2D eigenvalue weighted by Gasteiger charge is 2.32. The van der Waals surface area contributed by atoms with E-state index in [0.29, 0.717) is 11.4 Å². The summed E-state index contributed by atoms with van der Waals surface area (Å²) >= 11 is 0. The lowest BCUT2D eigenvalue weighted by Gasteiger charge is -2.21. The number of carboxylic acids is 1. The maximum Gasteiger partial charge on any atom is 0.401 e. The number of carbonyl (C=O) groups excluding carboxylic acids is 1. The van der Waals surface area contributed by atoms with E-state index in [1.165, 1.54) is 0 Å². The van der Waals surface area contributed by atoms with Gasteiger partial charge in [-0.15, -0.1) is 0 Å². The van der Waals surface area contributed by atoms with Gasteiger partial charge in [0.1, 0.15) is 0 Å². The molecule has 0 unspecified atom stereocenters. The smallest absolute Gasteiger partial charge is 0.401 e. The Balaban J connectivity index is 4.31. The topological polar surface area (TPSA) is 69.6 Å². The number of hydrogen-bond donors (Lipinski definition) is 2. The summed E-state index contributed by atoms with van der Waals surface area (Å²) in [6.45, 7) is 1.18. The van der Waals surface area contributed by atoms with Gasteiger partial charge in [-0.1, -0.05) is 13.8 Å². The number of alkyl halides is 3. The van der Waals surface area contributed by atoms with Crippen LogP contribution in [0.2, 0.25) is 0 Å². The molecule has 0 bridgehead atoms. The molecule has 0 atom stereocenters. The third-order valence-corrected chi connectivity index (χ3v) is 1.84. The van der Waals surface area contributed by atoms with Crippen molar-refractivity contribution in [3.63, 3.8) is 0 Å². The van der Waals surface area contributed by atoms with Gasteiger partial charge in [0.2, 0.25) is 5.91 Å². The van der Waals surface area contributed by atoms with Gasteiger partial charge in [-0.05, 0) is 5.92 Å². The summed E-state index contributed by atoms with van der Waals surface area (Å²) < 4.78 is 36.5. The molecule has 0 radical (unpaired) electrons. The van der Waals surface area contributed by atoms with E-state index >= 15 is 0 Å². The molecule has 1 amide bonds. The number of carboxylic acid groups (broad SMARTS) is 1. The minimum absolute atomic E-state index is 0.171. The zero-order valence-electron chi connectivity index (χ0n) is 10.3. The van der Waals surface area contributed by atoms with Crippen LogP contribution in [0.3, 0.4) is 0 Å². The van der Waals surface area contributed by atoms with Crippen LogP contribution in [-0.4, -0.2) is 54.2 Å². The first kappa shape index (κ1) is 16.7. The third kappa shape index (κ3) is 9.88.